The van der Waals surface area contributed by atoms with E-state index in [0.717, 1.165) is 50.0 Å². The van der Waals surface area contributed by atoms with Crippen molar-refractivity contribution in [3.8, 4) is 11.5 Å². The number of benzene rings is 1. The molecule has 1 aromatic carbocycles. The Morgan fingerprint density at radius 1 is 1.08 bits per heavy atom. The van der Waals surface area contributed by atoms with Crippen LogP contribution in [0.3, 0.4) is 0 Å². The molecule has 0 radical (unpaired) electrons. The van der Waals surface area contributed by atoms with Crippen LogP contribution in [0.25, 0.3) is 0 Å². The summed E-state index contributed by atoms with van der Waals surface area (Å²) < 4.78 is 10.8. The molecule has 2 heterocycles. The lowest BCUT2D eigenvalue weighted by Gasteiger charge is -2.34. The molecule has 2 aromatic rings. The fourth-order valence-corrected chi connectivity index (χ4v) is 2.82. The van der Waals surface area contributed by atoms with E-state index in [-0.39, 0.29) is 0 Å². The summed E-state index contributed by atoms with van der Waals surface area (Å²) in [6.45, 7) is 8.43. The largest absolute Gasteiger partial charge is 0.497 e. The van der Waals surface area contributed by atoms with Crippen molar-refractivity contribution in [3.63, 3.8) is 0 Å². The van der Waals surface area contributed by atoms with Crippen molar-refractivity contribution in [1.29, 1.82) is 0 Å². The number of aromatic nitrogens is 3. The van der Waals surface area contributed by atoms with Gasteiger partial charge in [-0.2, -0.15) is 10.1 Å². The first-order valence-electron chi connectivity index (χ1n) is 8.96. The first-order chi connectivity index (χ1) is 12.8. The van der Waals surface area contributed by atoms with Crippen molar-refractivity contribution < 1.29 is 9.47 Å². The molecule has 0 unspecified atom stereocenters. The Morgan fingerprint density at radius 3 is 2.50 bits per heavy atom. The molecule has 0 aliphatic carbocycles. The molecule has 1 aliphatic heterocycles. The van der Waals surface area contributed by atoms with E-state index in [4.69, 9.17) is 9.47 Å². The number of nitrogens with one attached hydrogen (secondary N) is 1. The van der Waals surface area contributed by atoms with E-state index in [2.05, 4.69) is 37.2 Å². The first-order valence-corrected chi connectivity index (χ1v) is 8.96. The lowest BCUT2D eigenvalue weighted by Crippen LogP contribution is -2.46. The molecule has 140 valence electrons. The van der Waals surface area contributed by atoms with Crippen LogP contribution < -0.4 is 19.7 Å². The Kier molecular flexibility index (Phi) is 6.43. The predicted molar refractivity (Wildman–Crippen MR) is 101 cm³/mol. The molecule has 1 aliphatic rings. The predicted octanol–water partition coefficient (Wildman–Crippen LogP) is 1.51. The number of hydrogen-bond donors (Lipinski definition) is 1. The van der Waals surface area contributed by atoms with Crippen LogP contribution in [0.1, 0.15) is 6.92 Å². The average molecular weight is 358 g/mol. The number of nitrogens with zero attached hydrogens (tertiary/aromatic N) is 5. The minimum absolute atomic E-state index is 0.509. The SMILES string of the molecule is CCN1CCN(c2cnnc(NCCOc3ccc(OC)cc3)n2)CC1. The number of rotatable bonds is 8. The van der Waals surface area contributed by atoms with Gasteiger partial charge in [0.1, 0.15) is 18.1 Å². The third-order valence-corrected chi connectivity index (χ3v) is 4.40. The van der Waals surface area contributed by atoms with Crippen molar-refractivity contribution in [2.24, 2.45) is 0 Å². The van der Waals surface area contributed by atoms with E-state index in [9.17, 15) is 0 Å². The number of piperazine rings is 1. The van der Waals surface area contributed by atoms with Gasteiger partial charge in [0.05, 0.1) is 19.9 Å². The molecule has 0 amide bonds. The molecule has 0 spiro atoms. The highest BCUT2D eigenvalue weighted by Gasteiger charge is 2.17. The summed E-state index contributed by atoms with van der Waals surface area (Å²) in [7, 11) is 1.64. The van der Waals surface area contributed by atoms with Gasteiger partial charge in [-0.3, -0.25) is 0 Å². The molecule has 0 bridgehead atoms. The molecule has 1 fully saturated rings. The zero-order valence-electron chi connectivity index (χ0n) is 15.4. The smallest absolute Gasteiger partial charge is 0.244 e. The molecule has 1 saturated heterocycles. The zero-order chi connectivity index (χ0) is 18.2. The number of hydrogen-bond acceptors (Lipinski definition) is 8. The van der Waals surface area contributed by atoms with E-state index < -0.39 is 0 Å². The molecule has 0 saturated carbocycles. The molecule has 1 N–H and O–H groups in total. The Labute approximate surface area is 154 Å². The first kappa shape index (κ1) is 18.2. The number of ether oxygens (including phenoxy) is 2. The van der Waals surface area contributed by atoms with Gasteiger partial charge in [-0.1, -0.05) is 6.92 Å². The van der Waals surface area contributed by atoms with Gasteiger partial charge in [0.25, 0.3) is 0 Å². The van der Waals surface area contributed by atoms with Gasteiger partial charge in [-0.25, -0.2) is 0 Å². The van der Waals surface area contributed by atoms with Crippen LogP contribution in [0.5, 0.6) is 11.5 Å². The van der Waals surface area contributed by atoms with Gasteiger partial charge in [-0.05, 0) is 30.8 Å². The van der Waals surface area contributed by atoms with E-state index in [1.54, 1.807) is 13.3 Å². The van der Waals surface area contributed by atoms with Gasteiger partial charge >= 0.3 is 0 Å². The number of likely N-dealkylation sites (N-methyl/N-ethyl adjacent to an activating group) is 1. The van der Waals surface area contributed by atoms with Crippen molar-refractivity contribution in [1.82, 2.24) is 20.1 Å². The van der Waals surface area contributed by atoms with Gasteiger partial charge in [0, 0.05) is 26.2 Å². The van der Waals surface area contributed by atoms with E-state index >= 15 is 0 Å². The van der Waals surface area contributed by atoms with Gasteiger partial charge in [0.2, 0.25) is 5.95 Å². The number of methoxy groups -OCH3 is 1. The third-order valence-electron chi connectivity index (χ3n) is 4.40. The summed E-state index contributed by atoms with van der Waals surface area (Å²) in [6, 6.07) is 7.51. The molecule has 1 aromatic heterocycles. The van der Waals surface area contributed by atoms with Crippen LogP contribution in [0.15, 0.2) is 30.5 Å². The van der Waals surface area contributed by atoms with Crippen molar-refractivity contribution in [2.75, 3.05) is 63.2 Å². The van der Waals surface area contributed by atoms with E-state index in [0.29, 0.717) is 19.1 Å². The molecule has 3 rings (SSSR count). The quantitative estimate of drug-likeness (QED) is 0.712. The van der Waals surface area contributed by atoms with E-state index in [1.165, 1.54) is 0 Å². The Morgan fingerprint density at radius 2 is 1.81 bits per heavy atom. The van der Waals surface area contributed by atoms with Crippen LogP contribution in [-0.4, -0.2) is 73.1 Å². The lowest BCUT2D eigenvalue weighted by molar-refractivity contribution is 0.270. The summed E-state index contributed by atoms with van der Waals surface area (Å²) in [5, 5.41) is 11.3. The Balaban J connectivity index is 1.45. The standard InChI is InChI=1S/C18H26N6O2/c1-3-23-9-11-24(12-10-23)17-14-20-22-18(21-17)19-8-13-26-16-6-4-15(25-2)5-7-16/h4-7,14H,3,8-13H2,1-2H3,(H,19,21,22). The van der Waals surface area contributed by atoms with Crippen molar-refractivity contribution in [2.45, 2.75) is 6.92 Å². The minimum atomic E-state index is 0.509. The van der Waals surface area contributed by atoms with Crippen molar-refractivity contribution >= 4 is 11.8 Å². The molecular weight excluding hydrogens is 332 g/mol. The second-order valence-corrected chi connectivity index (χ2v) is 6.01. The monoisotopic (exact) mass is 358 g/mol. The van der Waals surface area contributed by atoms with Crippen LogP contribution in [-0.2, 0) is 0 Å². The molecule has 0 atom stereocenters. The molecule has 8 heteroatoms. The van der Waals surface area contributed by atoms with Crippen LogP contribution in [0, 0.1) is 0 Å². The maximum absolute atomic E-state index is 5.69. The average Bonchev–Trinajstić information content (AvgIpc) is 2.72. The highest BCUT2D eigenvalue weighted by molar-refractivity contribution is 5.40. The van der Waals surface area contributed by atoms with E-state index in [1.807, 2.05) is 24.3 Å². The molecular formula is C18H26N6O2. The minimum Gasteiger partial charge on any atom is -0.497 e. The third kappa shape index (κ3) is 4.95. The maximum Gasteiger partial charge on any atom is 0.244 e. The summed E-state index contributed by atoms with van der Waals surface area (Å²) in [5.41, 5.74) is 0. The lowest BCUT2D eigenvalue weighted by atomic mass is 10.3. The van der Waals surface area contributed by atoms with Gasteiger partial charge in [0.15, 0.2) is 5.82 Å². The van der Waals surface area contributed by atoms with Gasteiger partial charge < -0.3 is 24.6 Å². The number of anilines is 2. The maximum atomic E-state index is 5.69. The second-order valence-electron chi connectivity index (χ2n) is 6.01. The fraction of sp³-hybridized carbons (Fsp3) is 0.500. The fourth-order valence-electron chi connectivity index (χ4n) is 2.82. The highest BCUT2D eigenvalue weighted by atomic mass is 16.5. The highest BCUT2D eigenvalue weighted by Crippen LogP contribution is 2.17. The summed E-state index contributed by atoms with van der Waals surface area (Å²) in [4.78, 5) is 9.25. The second kappa shape index (κ2) is 9.19. The summed E-state index contributed by atoms with van der Waals surface area (Å²) in [6.07, 6.45) is 1.72. The topological polar surface area (TPSA) is 75.6 Å². The van der Waals surface area contributed by atoms with Crippen molar-refractivity contribution in [3.05, 3.63) is 30.5 Å². The van der Waals surface area contributed by atoms with Crippen LogP contribution in [0.4, 0.5) is 11.8 Å². The zero-order valence-corrected chi connectivity index (χ0v) is 15.4. The van der Waals surface area contributed by atoms with Crippen LogP contribution >= 0.6 is 0 Å². The normalized spacial score (nSPS) is 14.9. The molecule has 8 nitrogen and oxygen atoms in total. The Bertz CT molecular complexity index is 674. The summed E-state index contributed by atoms with van der Waals surface area (Å²) in [5.74, 6) is 3.01. The van der Waals surface area contributed by atoms with Gasteiger partial charge in [-0.15, -0.1) is 5.10 Å². The Hall–Kier alpha value is -2.61. The summed E-state index contributed by atoms with van der Waals surface area (Å²) >= 11 is 0. The molecule has 26 heavy (non-hydrogen) atoms. The van der Waals surface area contributed by atoms with Crippen LogP contribution in [0.2, 0.25) is 0 Å².